The topological polar surface area (TPSA) is 68.0 Å². The van der Waals surface area contributed by atoms with Crippen molar-refractivity contribution >= 4 is 11.6 Å². The molecule has 1 N–H and O–H groups in total. The SMILES string of the molecule is CCC(=O)Nc1ccc(-c2nnc(CC)o2)cc1. The van der Waals surface area contributed by atoms with Crippen LogP contribution in [-0.2, 0) is 11.2 Å². The Morgan fingerprint density at radius 3 is 2.50 bits per heavy atom. The fourth-order valence-corrected chi connectivity index (χ4v) is 1.46. The molecule has 1 amide bonds. The van der Waals surface area contributed by atoms with Crippen molar-refractivity contribution in [2.24, 2.45) is 0 Å². The standard InChI is InChI=1S/C13H15N3O2/c1-3-11(17)14-10-7-5-9(6-8-10)13-16-15-12(4-2)18-13/h5-8H,3-4H2,1-2H3,(H,14,17). The molecule has 0 radical (unpaired) electrons. The van der Waals surface area contributed by atoms with Gasteiger partial charge in [0.25, 0.3) is 0 Å². The van der Waals surface area contributed by atoms with Crippen LogP contribution in [0.25, 0.3) is 11.5 Å². The molecular weight excluding hydrogens is 230 g/mol. The summed E-state index contributed by atoms with van der Waals surface area (Å²) in [5, 5.41) is 10.6. The van der Waals surface area contributed by atoms with E-state index in [2.05, 4.69) is 15.5 Å². The fourth-order valence-electron chi connectivity index (χ4n) is 1.46. The Hall–Kier alpha value is -2.17. The van der Waals surface area contributed by atoms with E-state index in [0.717, 1.165) is 17.7 Å². The van der Waals surface area contributed by atoms with E-state index in [1.807, 2.05) is 38.1 Å². The Kier molecular flexibility index (Phi) is 3.72. The molecule has 0 aliphatic rings. The number of hydrogen-bond donors (Lipinski definition) is 1. The molecule has 5 heteroatoms. The highest BCUT2D eigenvalue weighted by atomic mass is 16.4. The Bertz CT molecular complexity index is 531. The summed E-state index contributed by atoms with van der Waals surface area (Å²) in [4.78, 5) is 11.2. The van der Waals surface area contributed by atoms with Crippen molar-refractivity contribution in [2.45, 2.75) is 26.7 Å². The van der Waals surface area contributed by atoms with Gasteiger partial charge in [-0.05, 0) is 24.3 Å². The van der Waals surface area contributed by atoms with Crippen LogP contribution in [0.15, 0.2) is 28.7 Å². The normalized spacial score (nSPS) is 10.3. The molecule has 0 bridgehead atoms. The van der Waals surface area contributed by atoms with Crippen LogP contribution in [0.5, 0.6) is 0 Å². The molecule has 0 saturated heterocycles. The first-order chi connectivity index (χ1) is 8.72. The van der Waals surface area contributed by atoms with Gasteiger partial charge in [0.2, 0.25) is 17.7 Å². The number of anilines is 1. The van der Waals surface area contributed by atoms with Crippen molar-refractivity contribution in [1.82, 2.24) is 10.2 Å². The van der Waals surface area contributed by atoms with Gasteiger partial charge in [-0.1, -0.05) is 13.8 Å². The van der Waals surface area contributed by atoms with Crippen LogP contribution in [0.3, 0.4) is 0 Å². The van der Waals surface area contributed by atoms with Crippen LogP contribution >= 0.6 is 0 Å². The van der Waals surface area contributed by atoms with Gasteiger partial charge in [-0.3, -0.25) is 4.79 Å². The molecule has 18 heavy (non-hydrogen) atoms. The molecule has 0 aliphatic carbocycles. The second-order valence-corrected chi connectivity index (χ2v) is 3.83. The lowest BCUT2D eigenvalue weighted by Crippen LogP contribution is -2.08. The van der Waals surface area contributed by atoms with E-state index >= 15 is 0 Å². The number of aromatic nitrogens is 2. The van der Waals surface area contributed by atoms with E-state index in [4.69, 9.17) is 4.42 Å². The minimum absolute atomic E-state index is 0.00573. The molecule has 0 saturated carbocycles. The highest BCUT2D eigenvalue weighted by Gasteiger charge is 2.07. The van der Waals surface area contributed by atoms with E-state index in [1.165, 1.54) is 0 Å². The molecule has 1 aromatic heterocycles. The molecule has 0 unspecified atom stereocenters. The zero-order valence-corrected chi connectivity index (χ0v) is 10.4. The Morgan fingerprint density at radius 1 is 1.22 bits per heavy atom. The molecule has 1 heterocycles. The molecule has 2 rings (SSSR count). The highest BCUT2D eigenvalue weighted by molar-refractivity contribution is 5.90. The van der Waals surface area contributed by atoms with Gasteiger partial charge in [-0.25, -0.2) is 0 Å². The number of benzene rings is 1. The summed E-state index contributed by atoms with van der Waals surface area (Å²) in [6.45, 7) is 3.77. The third-order valence-corrected chi connectivity index (χ3v) is 2.51. The number of amides is 1. The first-order valence-corrected chi connectivity index (χ1v) is 5.95. The summed E-state index contributed by atoms with van der Waals surface area (Å²) in [5.74, 6) is 1.11. The van der Waals surface area contributed by atoms with Gasteiger partial charge in [0, 0.05) is 24.1 Å². The number of nitrogens with one attached hydrogen (secondary N) is 1. The number of aryl methyl sites for hydroxylation is 1. The van der Waals surface area contributed by atoms with Crippen LogP contribution in [0, 0.1) is 0 Å². The van der Waals surface area contributed by atoms with Gasteiger partial charge in [0.05, 0.1) is 0 Å². The molecule has 94 valence electrons. The van der Waals surface area contributed by atoms with E-state index in [1.54, 1.807) is 0 Å². The minimum Gasteiger partial charge on any atom is -0.421 e. The maximum Gasteiger partial charge on any atom is 0.247 e. The van der Waals surface area contributed by atoms with E-state index in [-0.39, 0.29) is 5.91 Å². The number of nitrogens with zero attached hydrogens (tertiary/aromatic N) is 2. The van der Waals surface area contributed by atoms with Crippen molar-refractivity contribution in [3.63, 3.8) is 0 Å². The third-order valence-electron chi connectivity index (χ3n) is 2.51. The highest BCUT2D eigenvalue weighted by Crippen LogP contribution is 2.20. The first kappa shape index (κ1) is 12.3. The van der Waals surface area contributed by atoms with Crippen LogP contribution in [-0.4, -0.2) is 16.1 Å². The predicted octanol–water partition coefficient (Wildman–Crippen LogP) is 2.65. The quantitative estimate of drug-likeness (QED) is 0.899. The molecule has 0 aliphatic heterocycles. The monoisotopic (exact) mass is 245 g/mol. The molecule has 1 aromatic carbocycles. The number of rotatable bonds is 4. The maximum absolute atomic E-state index is 11.2. The number of carbonyl (C=O) groups excluding carboxylic acids is 1. The molecule has 2 aromatic rings. The summed E-state index contributed by atoms with van der Waals surface area (Å²) in [6.07, 6.45) is 1.18. The van der Waals surface area contributed by atoms with Crippen LogP contribution in [0.1, 0.15) is 26.2 Å². The van der Waals surface area contributed by atoms with Crippen molar-refractivity contribution in [3.8, 4) is 11.5 Å². The lowest BCUT2D eigenvalue weighted by atomic mass is 10.2. The third kappa shape index (κ3) is 2.74. The average molecular weight is 245 g/mol. The van der Waals surface area contributed by atoms with Gasteiger partial charge >= 0.3 is 0 Å². The van der Waals surface area contributed by atoms with Crippen molar-refractivity contribution in [2.75, 3.05) is 5.32 Å². The minimum atomic E-state index is -0.00573. The predicted molar refractivity (Wildman–Crippen MR) is 68.0 cm³/mol. The molecule has 0 fully saturated rings. The van der Waals surface area contributed by atoms with Crippen molar-refractivity contribution in [3.05, 3.63) is 30.2 Å². The van der Waals surface area contributed by atoms with Crippen molar-refractivity contribution in [1.29, 1.82) is 0 Å². The summed E-state index contributed by atoms with van der Waals surface area (Å²) in [7, 11) is 0. The Balaban J connectivity index is 2.14. The first-order valence-electron chi connectivity index (χ1n) is 5.95. The Labute approximate surface area is 105 Å². The van der Waals surface area contributed by atoms with Gasteiger partial charge in [0.15, 0.2) is 0 Å². The summed E-state index contributed by atoms with van der Waals surface area (Å²) in [5.41, 5.74) is 1.61. The van der Waals surface area contributed by atoms with Gasteiger partial charge in [0.1, 0.15) is 0 Å². The molecule has 5 nitrogen and oxygen atoms in total. The lowest BCUT2D eigenvalue weighted by Gasteiger charge is -2.03. The second kappa shape index (κ2) is 5.44. The maximum atomic E-state index is 11.2. The Morgan fingerprint density at radius 2 is 1.94 bits per heavy atom. The van der Waals surface area contributed by atoms with Gasteiger partial charge in [-0.15, -0.1) is 10.2 Å². The summed E-state index contributed by atoms with van der Waals surface area (Å²) in [6, 6.07) is 7.33. The van der Waals surface area contributed by atoms with Gasteiger partial charge < -0.3 is 9.73 Å². The van der Waals surface area contributed by atoms with E-state index < -0.39 is 0 Å². The lowest BCUT2D eigenvalue weighted by molar-refractivity contribution is -0.115. The molecule has 0 spiro atoms. The smallest absolute Gasteiger partial charge is 0.247 e. The van der Waals surface area contributed by atoms with Crippen LogP contribution in [0.2, 0.25) is 0 Å². The van der Waals surface area contributed by atoms with Crippen molar-refractivity contribution < 1.29 is 9.21 Å². The zero-order chi connectivity index (χ0) is 13.0. The fraction of sp³-hybridized carbons (Fsp3) is 0.308. The summed E-state index contributed by atoms with van der Waals surface area (Å²) >= 11 is 0. The number of carbonyl (C=O) groups is 1. The van der Waals surface area contributed by atoms with E-state index in [9.17, 15) is 4.79 Å². The van der Waals surface area contributed by atoms with Crippen LogP contribution < -0.4 is 5.32 Å². The van der Waals surface area contributed by atoms with Gasteiger partial charge in [-0.2, -0.15) is 0 Å². The number of hydrogen-bond acceptors (Lipinski definition) is 4. The van der Waals surface area contributed by atoms with Crippen LogP contribution in [0.4, 0.5) is 5.69 Å². The largest absolute Gasteiger partial charge is 0.421 e. The second-order valence-electron chi connectivity index (χ2n) is 3.83. The average Bonchev–Trinajstić information content (AvgIpc) is 2.88. The molecular formula is C13H15N3O2. The molecule has 0 atom stereocenters. The zero-order valence-electron chi connectivity index (χ0n) is 10.4. The summed E-state index contributed by atoms with van der Waals surface area (Å²) < 4.78 is 5.45. The van der Waals surface area contributed by atoms with E-state index in [0.29, 0.717) is 18.2 Å².